The van der Waals surface area contributed by atoms with E-state index in [1.165, 1.54) is 18.3 Å². The van der Waals surface area contributed by atoms with Crippen molar-refractivity contribution in [1.29, 1.82) is 0 Å². The van der Waals surface area contributed by atoms with Crippen LogP contribution in [-0.4, -0.2) is 16.5 Å². The first kappa shape index (κ1) is 11.8. The Morgan fingerprint density at radius 2 is 2.06 bits per heavy atom. The van der Waals surface area contributed by atoms with Gasteiger partial charge in [0.15, 0.2) is 5.82 Å². The van der Waals surface area contributed by atoms with Gasteiger partial charge in [0.2, 0.25) is 0 Å². The van der Waals surface area contributed by atoms with Crippen LogP contribution < -0.4 is 5.32 Å². The smallest absolute Gasteiger partial charge is 0.152 e. The molecule has 2 aromatic rings. The fourth-order valence-corrected chi connectivity index (χ4v) is 1.68. The zero-order valence-electron chi connectivity index (χ0n) is 9.24. The first-order valence-electron chi connectivity index (χ1n) is 5.22. The van der Waals surface area contributed by atoms with E-state index >= 15 is 0 Å². The van der Waals surface area contributed by atoms with Crippen molar-refractivity contribution in [2.24, 2.45) is 0 Å². The third-order valence-corrected chi connectivity index (χ3v) is 2.46. The van der Waals surface area contributed by atoms with E-state index in [9.17, 15) is 4.39 Å². The first-order valence-corrected chi connectivity index (χ1v) is 5.60. The van der Waals surface area contributed by atoms with Gasteiger partial charge in [-0.05, 0) is 25.1 Å². The number of nitrogens with zero attached hydrogens (tertiary/aromatic N) is 2. The molecule has 1 aromatic carbocycles. The third-order valence-electron chi connectivity index (χ3n) is 2.23. The van der Waals surface area contributed by atoms with E-state index in [4.69, 9.17) is 11.6 Å². The number of halogens is 2. The quantitative estimate of drug-likeness (QED) is 0.909. The van der Waals surface area contributed by atoms with Gasteiger partial charge in [-0.15, -0.1) is 0 Å². The summed E-state index contributed by atoms with van der Waals surface area (Å²) < 4.78 is 13.7. The van der Waals surface area contributed by atoms with Gasteiger partial charge in [-0.25, -0.2) is 9.37 Å². The van der Waals surface area contributed by atoms with Crippen molar-refractivity contribution in [2.75, 3.05) is 11.9 Å². The van der Waals surface area contributed by atoms with Crippen molar-refractivity contribution >= 4 is 17.4 Å². The largest absolute Gasteiger partial charge is 0.369 e. The van der Waals surface area contributed by atoms with Gasteiger partial charge in [-0.1, -0.05) is 11.6 Å². The molecule has 0 aliphatic heterocycles. The minimum absolute atomic E-state index is 0.349. The molecule has 0 spiro atoms. The van der Waals surface area contributed by atoms with Crippen LogP contribution in [0.25, 0.3) is 11.3 Å². The van der Waals surface area contributed by atoms with Crippen LogP contribution in [0.5, 0.6) is 0 Å². The highest BCUT2D eigenvalue weighted by Crippen LogP contribution is 2.28. The number of hydrogen-bond donors (Lipinski definition) is 1. The van der Waals surface area contributed by atoms with Gasteiger partial charge in [-0.2, -0.15) is 0 Å². The molecule has 1 heterocycles. The maximum absolute atomic E-state index is 13.7. The Kier molecular flexibility index (Phi) is 3.54. The van der Waals surface area contributed by atoms with Gasteiger partial charge in [-0.3, -0.25) is 4.98 Å². The van der Waals surface area contributed by atoms with Gasteiger partial charge in [0.25, 0.3) is 0 Å². The van der Waals surface area contributed by atoms with Crippen LogP contribution in [0.4, 0.5) is 10.2 Å². The van der Waals surface area contributed by atoms with E-state index in [0.29, 0.717) is 28.6 Å². The number of anilines is 1. The Balaban J connectivity index is 2.55. The molecule has 2 rings (SSSR count). The topological polar surface area (TPSA) is 37.8 Å². The predicted octanol–water partition coefficient (Wildman–Crippen LogP) is 3.37. The second-order valence-electron chi connectivity index (χ2n) is 3.41. The lowest BCUT2D eigenvalue weighted by atomic mass is 10.1. The molecule has 5 heteroatoms. The summed E-state index contributed by atoms with van der Waals surface area (Å²) in [4.78, 5) is 8.28. The predicted molar refractivity (Wildman–Crippen MR) is 66.6 cm³/mol. The van der Waals surface area contributed by atoms with E-state index in [0.717, 1.165) is 0 Å². The molecule has 0 fully saturated rings. The minimum atomic E-state index is -0.367. The monoisotopic (exact) mass is 251 g/mol. The van der Waals surface area contributed by atoms with Crippen molar-refractivity contribution < 1.29 is 4.39 Å². The van der Waals surface area contributed by atoms with Crippen molar-refractivity contribution in [3.05, 3.63) is 41.4 Å². The van der Waals surface area contributed by atoms with E-state index in [1.807, 2.05) is 6.92 Å². The Morgan fingerprint density at radius 3 is 2.82 bits per heavy atom. The van der Waals surface area contributed by atoms with Crippen molar-refractivity contribution in [1.82, 2.24) is 9.97 Å². The van der Waals surface area contributed by atoms with Gasteiger partial charge < -0.3 is 5.32 Å². The molecular weight excluding hydrogens is 241 g/mol. The third kappa shape index (κ3) is 2.53. The van der Waals surface area contributed by atoms with Crippen LogP contribution in [0.15, 0.2) is 30.6 Å². The maximum atomic E-state index is 13.7. The first-order chi connectivity index (χ1) is 8.22. The van der Waals surface area contributed by atoms with Crippen molar-refractivity contribution in [3.8, 4) is 11.3 Å². The number of benzene rings is 1. The Hall–Kier alpha value is -1.68. The van der Waals surface area contributed by atoms with Crippen LogP contribution in [-0.2, 0) is 0 Å². The zero-order valence-corrected chi connectivity index (χ0v) is 10.0. The van der Waals surface area contributed by atoms with Crippen LogP contribution in [0.3, 0.4) is 0 Å². The molecule has 0 atom stereocenters. The fraction of sp³-hybridized carbons (Fsp3) is 0.167. The molecule has 0 radical (unpaired) electrons. The molecule has 0 aliphatic rings. The SMILES string of the molecule is CCNc1nccnc1-c1cc(Cl)ccc1F. The second-order valence-corrected chi connectivity index (χ2v) is 3.84. The maximum Gasteiger partial charge on any atom is 0.152 e. The molecule has 3 nitrogen and oxygen atoms in total. The molecule has 0 aliphatic carbocycles. The van der Waals surface area contributed by atoms with Gasteiger partial charge >= 0.3 is 0 Å². The normalized spacial score (nSPS) is 10.3. The van der Waals surface area contributed by atoms with Gasteiger partial charge in [0.1, 0.15) is 11.5 Å². The lowest BCUT2D eigenvalue weighted by Crippen LogP contribution is -2.03. The standard InChI is InChI=1S/C12H11ClFN3/c1-2-15-12-11(16-5-6-17-12)9-7-8(13)3-4-10(9)14/h3-7H,2H2,1H3,(H,15,17). The van der Waals surface area contributed by atoms with Crippen molar-refractivity contribution in [2.45, 2.75) is 6.92 Å². The summed E-state index contributed by atoms with van der Waals surface area (Å²) in [5, 5.41) is 3.51. The molecule has 0 amide bonds. The van der Waals surface area contributed by atoms with E-state index < -0.39 is 0 Å². The highest BCUT2D eigenvalue weighted by molar-refractivity contribution is 6.30. The van der Waals surface area contributed by atoms with Gasteiger partial charge in [0.05, 0.1) is 0 Å². The number of aromatic nitrogens is 2. The summed E-state index contributed by atoms with van der Waals surface area (Å²) in [7, 11) is 0. The van der Waals surface area contributed by atoms with Gasteiger partial charge in [0, 0.05) is 29.5 Å². The molecule has 0 bridgehead atoms. The van der Waals surface area contributed by atoms with Crippen LogP contribution >= 0.6 is 11.6 Å². The summed E-state index contributed by atoms with van der Waals surface area (Å²) in [5.74, 6) is 0.185. The molecule has 0 saturated carbocycles. The summed E-state index contributed by atoms with van der Waals surface area (Å²) in [5.41, 5.74) is 0.816. The van der Waals surface area contributed by atoms with Crippen molar-refractivity contribution in [3.63, 3.8) is 0 Å². The molecule has 0 saturated heterocycles. The Bertz CT molecular complexity index is 531. The van der Waals surface area contributed by atoms with E-state index in [1.54, 1.807) is 12.3 Å². The van der Waals surface area contributed by atoms with Crippen LogP contribution in [0.2, 0.25) is 5.02 Å². The molecule has 88 valence electrons. The average Bonchev–Trinajstić information content (AvgIpc) is 2.34. The summed E-state index contributed by atoms with van der Waals surface area (Å²) >= 11 is 5.86. The minimum Gasteiger partial charge on any atom is -0.369 e. The zero-order chi connectivity index (χ0) is 12.3. The van der Waals surface area contributed by atoms with E-state index in [2.05, 4.69) is 15.3 Å². The number of rotatable bonds is 3. The van der Waals surface area contributed by atoms with Crippen LogP contribution in [0, 0.1) is 5.82 Å². The summed E-state index contributed by atoms with van der Waals surface area (Å²) in [6.07, 6.45) is 3.08. The Morgan fingerprint density at radius 1 is 1.29 bits per heavy atom. The second kappa shape index (κ2) is 5.10. The number of nitrogens with one attached hydrogen (secondary N) is 1. The summed E-state index contributed by atoms with van der Waals surface area (Å²) in [6, 6.07) is 4.37. The van der Waals surface area contributed by atoms with E-state index in [-0.39, 0.29) is 5.82 Å². The molecule has 0 unspecified atom stereocenters. The lowest BCUT2D eigenvalue weighted by Gasteiger charge is -2.09. The summed E-state index contributed by atoms with van der Waals surface area (Å²) in [6.45, 7) is 2.63. The molecule has 1 aromatic heterocycles. The molecular formula is C12H11ClFN3. The highest BCUT2D eigenvalue weighted by atomic mass is 35.5. The highest BCUT2D eigenvalue weighted by Gasteiger charge is 2.12. The molecule has 1 N–H and O–H groups in total. The lowest BCUT2D eigenvalue weighted by molar-refractivity contribution is 0.630. The Labute approximate surface area is 104 Å². The average molecular weight is 252 g/mol. The number of hydrogen-bond acceptors (Lipinski definition) is 3. The van der Waals surface area contributed by atoms with Crippen LogP contribution in [0.1, 0.15) is 6.92 Å². The fourth-order valence-electron chi connectivity index (χ4n) is 1.51. The molecule has 17 heavy (non-hydrogen) atoms.